The summed E-state index contributed by atoms with van der Waals surface area (Å²) in [6, 6.07) is 3.33. The highest BCUT2D eigenvalue weighted by Crippen LogP contribution is 2.24. The summed E-state index contributed by atoms with van der Waals surface area (Å²) < 4.78 is 38.9. The maximum Gasteiger partial charge on any atom is 0.401 e. The highest BCUT2D eigenvalue weighted by Gasteiger charge is 2.32. The van der Waals surface area contributed by atoms with Gasteiger partial charge in [-0.05, 0) is 50.4 Å². The molecule has 3 rings (SSSR count). The van der Waals surface area contributed by atoms with Crippen molar-refractivity contribution in [2.75, 3.05) is 26.2 Å². The molecule has 1 saturated heterocycles. The molecule has 0 atom stereocenters. The number of alkyl halides is 3. The molecule has 1 aliphatic rings. The van der Waals surface area contributed by atoms with Crippen LogP contribution in [-0.2, 0) is 0 Å². The first-order chi connectivity index (χ1) is 12.9. The van der Waals surface area contributed by atoms with Crippen LogP contribution in [0.3, 0.4) is 0 Å². The van der Waals surface area contributed by atoms with Crippen molar-refractivity contribution in [1.29, 1.82) is 0 Å². The lowest BCUT2D eigenvalue weighted by Crippen LogP contribution is -2.40. The number of carbonyl (C=O) groups excluding carboxylic acids is 1. The Morgan fingerprint density at radius 2 is 2.04 bits per heavy atom. The molecule has 0 unspecified atom stereocenters. The minimum Gasteiger partial charge on any atom is -0.352 e. The van der Waals surface area contributed by atoms with E-state index in [2.05, 4.69) is 15.3 Å². The molecule has 0 spiro atoms. The van der Waals surface area contributed by atoms with E-state index in [0.29, 0.717) is 36.9 Å². The molecule has 2 aromatic heterocycles. The maximum absolute atomic E-state index is 12.4. The molecule has 146 valence electrons. The third-order valence-corrected chi connectivity index (χ3v) is 4.72. The summed E-state index contributed by atoms with van der Waals surface area (Å²) in [5.41, 5.74) is 0.508. The molecule has 1 fully saturated rings. The van der Waals surface area contributed by atoms with Crippen molar-refractivity contribution in [1.82, 2.24) is 24.8 Å². The fourth-order valence-corrected chi connectivity index (χ4v) is 3.27. The maximum atomic E-state index is 12.4. The average molecular weight is 381 g/mol. The van der Waals surface area contributed by atoms with E-state index in [1.54, 1.807) is 41.6 Å². The number of imidazole rings is 1. The molecule has 27 heavy (non-hydrogen) atoms. The SMILES string of the molecule is O=C(NCCC1CCN(CC(F)(F)F)CC1)c1ccnc(-n2ccnc2)c1. The van der Waals surface area contributed by atoms with E-state index in [9.17, 15) is 18.0 Å². The number of nitrogens with one attached hydrogen (secondary N) is 1. The van der Waals surface area contributed by atoms with Gasteiger partial charge in [-0.1, -0.05) is 0 Å². The van der Waals surface area contributed by atoms with Crippen molar-refractivity contribution < 1.29 is 18.0 Å². The first-order valence-electron chi connectivity index (χ1n) is 8.92. The molecule has 0 aliphatic carbocycles. The van der Waals surface area contributed by atoms with Gasteiger partial charge in [-0.25, -0.2) is 9.97 Å². The van der Waals surface area contributed by atoms with Crippen molar-refractivity contribution in [2.24, 2.45) is 5.92 Å². The first kappa shape index (κ1) is 19.3. The lowest BCUT2D eigenvalue weighted by atomic mass is 9.93. The summed E-state index contributed by atoms with van der Waals surface area (Å²) in [5.74, 6) is 0.763. The summed E-state index contributed by atoms with van der Waals surface area (Å²) in [5, 5.41) is 2.88. The lowest BCUT2D eigenvalue weighted by molar-refractivity contribution is -0.148. The zero-order chi connectivity index (χ0) is 19.3. The quantitative estimate of drug-likeness (QED) is 0.836. The van der Waals surface area contributed by atoms with Crippen LogP contribution in [-0.4, -0.2) is 57.7 Å². The van der Waals surface area contributed by atoms with Gasteiger partial charge in [-0.15, -0.1) is 0 Å². The van der Waals surface area contributed by atoms with Crippen LogP contribution in [0.15, 0.2) is 37.1 Å². The van der Waals surface area contributed by atoms with Crippen molar-refractivity contribution >= 4 is 5.91 Å². The van der Waals surface area contributed by atoms with E-state index in [-0.39, 0.29) is 5.91 Å². The van der Waals surface area contributed by atoms with Crippen LogP contribution in [0.5, 0.6) is 0 Å². The molecule has 0 saturated carbocycles. The van der Waals surface area contributed by atoms with Crippen LogP contribution in [0.25, 0.3) is 5.82 Å². The fraction of sp³-hybridized carbons (Fsp3) is 0.500. The highest BCUT2D eigenvalue weighted by molar-refractivity contribution is 5.94. The van der Waals surface area contributed by atoms with E-state index >= 15 is 0 Å². The molecule has 9 heteroatoms. The van der Waals surface area contributed by atoms with Gasteiger partial charge in [-0.3, -0.25) is 14.3 Å². The normalized spacial score (nSPS) is 16.4. The van der Waals surface area contributed by atoms with E-state index in [1.165, 1.54) is 4.90 Å². The smallest absolute Gasteiger partial charge is 0.352 e. The van der Waals surface area contributed by atoms with Crippen LogP contribution in [0.4, 0.5) is 13.2 Å². The van der Waals surface area contributed by atoms with Gasteiger partial charge in [0.1, 0.15) is 12.1 Å². The molecule has 1 N–H and O–H groups in total. The molecule has 0 radical (unpaired) electrons. The van der Waals surface area contributed by atoms with Gasteiger partial charge in [0.25, 0.3) is 5.91 Å². The number of nitrogens with zero attached hydrogens (tertiary/aromatic N) is 4. The zero-order valence-electron chi connectivity index (χ0n) is 14.8. The number of pyridine rings is 1. The minimum absolute atomic E-state index is 0.187. The van der Waals surface area contributed by atoms with Crippen LogP contribution >= 0.6 is 0 Å². The van der Waals surface area contributed by atoms with Crippen molar-refractivity contribution in [3.8, 4) is 5.82 Å². The predicted molar refractivity (Wildman–Crippen MR) is 93.5 cm³/mol. The number of carbonyl (C=O) groups is 1. The minimum atomic E-state index is -4.14. The topological polar surface area (TPSA) is 63.1 Å². The Bertz CT molecular complexity index is 740. The van der Waals surface area contributed by atoms with Gasteiger partial charge < -0.3 is 5.32 Å². The van der Waals surface area contributed by atoms with Gasteiger partial charge in [0.15, 0.2) is 0 Å². The second-order valence-electron chi connectivity index (χ2n) is 6.75. The number of halogens is 3. The molecule has 1 aliphatic heterocycles. The Balaban J connectivity index is 1.42. The van der Waals surface area contributed by atoms with Crippen molar-refractivity contribution in [3.63, 3.8) is 0 Å². The molecule has 0 bridgehead atoms. The van der Waals surface area contributed by atoms with Crippen molar-refractivity contribution in [2.45, 2.75) is 25.4 Å². The third-order valence-electron chi connectivity index (χ3n) is 4.72. The summed E-state index contributed by atoms with van der Waals surface area (Å²) >= 11 is 0. The molecule has 6 nitrogen and oxygen atoms in total. The van der Waals surface area contributed by atoms with Crippen LogP contribution in [0.2, 0.25) is 0 Å². The molecule has 2 aromatic rings. The highest BCUT2D eigenvalue weighted by atomic mass is 19.4. The van der Waals surface area contributed by atoms with Crippen LogP contribution in [0, 0.1) is 5.92 Å². The molecule has 0 aromatic carbocycles. The lowest BCUT2D eigenvalue weighted by Gasteiger charge is -2.32. The van der Waals surface area contributed by atoms with Crippen molar-refractivity contribution in [3.05, 3.63) is 42.6 Å². The number of hydrogen-bond donors (Lipinski definition) is 1. The Kier molecular flexibility index (Phi) is 6.10. The Morgan fingerprint density at radius 3 is 2.70 bits per heavy atom. The second-order valence-corrected chi connectivity index (χ2v) is 6.75. The van der Waals surface area contributed by atoms with E-state index in [1.807, 2.05) is 0 Å². The van der Waals surface area contributed by atoms with E-state index in [4.69, 9.17) is 0 Å². The van der Waals surface area contributed by atoms with E-state index < -0.39 is 12.7 Å². The third kappa shape index (κ3) is 5.78. The summed E-state index contributed by atoms with van der Waals surface area (Å²) in [6.07, 6.45) is 4.64. The summed E-state index contributed by atoms with van der Waals surface area (Å²) in [6.45, 7) is 0.580. The summed E-state index contributed by atoms with van der Waals surface area (Å²) in [7, 11) is 0. The zero-order valence-corrected chi connectivity index (χ0v) is 14.8. The van der Waals surface area contributed by atoms with Gasteiger partial charge in [-0.2, -0.15) is 13.2 Å². The van der Waals surface area contributed by atoms with Crippen LogP contribution in [0.1, 0.15) is 29.6 Å². The van der Waals surface area contributed by atoms with Gasteiger partial charge in [0, 0.05) is 30.7 Å². The van der Waals surface area contributed by atoms with E-state index in [0.717, 1.165) is 19.3 Å². The Labute approximate surface area is 155 Å². The number of piperidine rings is 1. The van der Waals surface area contributed by atoms with Gasteiger partial charge in [0.2, 0.25) is 0 Å². The fourth-order valence-electron chi connectivity index (χ4n) is 3.27. The summed E-state index contributed by atoms with van der Waals surface area (Å²) in [4.78, 5) is 21.9. The first-order valence-corrected chi connectivity index (χ1v) is 8.92. The van der Waals surface area contributed by atoms with Gasteiger partial charge >= 0.3 is 6.18 Å². The molecule has 3 heterocycles. The molecular formula is C18H22F3N5O. The Hall–Kier alpha value is -2.42. The number of rotatable bonds is 6. The standard InChI is InChI=1S/C18H22F3N5O/c19-18(20,21)12-25-8-3-14(4-9-25)1-5-24-17(27)15-2-6-23-16(11-15)26-10-7-22-13-26/h2,6-7,10-11,13-14H,1,3-5,8-9,12H2,(H,24,27). The Morgan fingerprint density at radius 1 is 1.26 bits per heavy atom. The number of hydrogen-bond acceptors (Lipinski definition) is 4. The number of amides is 1. The number of likely N-dealkylation sites (tertiary alicyclic amines) is 1. The largest absolute Gasteiger partial charge is 0.401 e. The van der Waals surface area contributed by atoms with Gasteiger partial charge in [0.05, 0.1) is 6.54 Å². The monoisotopic (exact) mass is 381 g/mol. The predicted octanol–water partition coefficient (Wildman–Crippen LogP) is 2.66. The number of aromatic nitrogens is 3. The molecular weight excluding hydrogens is 359 g/mol. The molecule has 1 amide bonds. The average Bonchev–Trinajstić information content (AvgIpc) is 3.17. The van der Waals surface area contributed by atoms with Crippen LogP contribution < -0.4 is 5.32 Å². The second kappa shape index (κ2) is 8.51.